The number of nitrogens with zero attached hydrogens (tertiary/aromatic N) is 2. The van der Waals surface area contributed by atoms with Crippen LogP contribution in [0.25, 0.3) is 0 Å². The van der Waals surface area contributed by atoms with Crippen molar-refractivity contribution in [3.05, 3.63) is 53.7 Å². The molecule has 0 aliphatic rings. The molecule has 0 amide bonds. The third-order valence-corrected chi connectivity index (χ3v) is 2.83. The Morgan fingerprint density at radius 2 is 2.24 bits per heavy atom. The average Bonchev–Trinajstić information content (AvgIpc) is 2.98. The first-order valence-electron chi connectivity index (χ1n) is 6.94. The largest absolute Gasteiger partial charge is 0.364 e. The molecule has 5 nitrogen and oxygen atoms in total. The van der Waals surface area contributed by atoms with Crippen molar-refractivity contribution in [1.29, 1.82) is 0 Å². The molecule has 1 aromatic carbocycles. The van der Waals surface area contributed by atoms with E-state index >= 15 is 0 Å². The third-order valence-electron chi connectivity index (χ3n) is 2.83. The van der Waals surface area contributed by atoms with Gasteiger partial charge in [0.15, 0.2) is 5.96 Å². The summed E-state index contributed by atoms with van der Waals surface area (Å²) in [6.45, 7) is 3.89. The van der Waals surface area contributed by atoms with Crippen LogP contribution in [0, 0.1) is 5.82 Å². The SMILES string of the molecule is CCNC(=NCc1ccon1)NCCc1cccc(F)c1. The summed E-state index contributed by atoms with van der Waals surface area (Å²) >= 11 is 0. The lowest BCUT2D eigenvalue weighted by Gasteiger charge is -2.11. The number of halogens is 1. The number of nitrogens with one attached hydrogen (secondary N) is 2. The molecule has 2 N–H and O–H groups in total. The number of aromatic nitrogens is 1. The van der Waals surface area contributed by atoms with E-state index in [0.717, 1.165) is 24.2 Å². The van der Waals surface area contributed by atoms with Crippen molar-refractivity contribution in [3.63, 3.8) is 0 Å². The molecule has 0 saturated carbocycles. The van der Waals surface area contributed by atoms with Crippen LogP contribution in [0.5, 0.6) is 0 Å². The van der Waals surface area contributed by atoms with Gasteiger partial charge in [0.05, 0.1) is 6.54 Å². The topological polar surface area (TPSA) is 62.5 Å². The van der Waals surface area contributed by atoms with Crippen LogP contribution in [-0.4, -0.2) is 24.2 Å². The highest BCUT2D eigenvalue weighted by Crippen LogP contribution is 2.03. The van der Waals surface area contributed by atoms with E-state index in [0.29, 0.717) is 19.0 Å². The summed E-state index contributed by atoms with van der Waals surface area (Å²) in [7, 11) is 0. The second-order valence-electron chi connectivity index (χ2n) is 4.49. The number of hydrogen-bond acceptors (Lipinski definition) is 3. The van der Waals surface area contributed by atoms with Gasteiger partial charge in [-0.3, -0.25) is 0 Å². The Labute approximate surface area is 123 Å². The lowest BCUT2D eigenvalue weighted by Crippen LogP contribution is -2.38. The maximum Gasteiger partial charge on any atom is 0.191 e. The van der Waals surface area contributed by atoms with Crippen LogP contribution in [0.4, 0.5) is 4.39 Å². The first-order chi connectivity index (χ1) is 10.3. The van der Waals surface area contributed by atoms with Gasteiger partial charge in [0.25, 0.3) is 0 Å². The van der Waals surface area contributed by atoms with Gasteiger partial charge in [-0.25, -0.2) is 9.38 Å². The molecule has 6 heteroatoms. The van der Waals surface area contributed by atoms with Gasteiger partial charge < -0.3 is 15.2 Å². The van der Waals surface area contributed by atoms with E-state index in [1.807, 2.05) is 13.0 Å². The van der Waals surface area contributed by atoms with E-state index < -0.39 is 0 Å². The van der Waals surface area contributed by atoms with Gasteiger partial charge in [0, 0.05) is 19.2 Å². The molecule has 1 heterocycles. The predicted octanol–water partition coefficient (Wildman–Crippen LogP) is 2.11. The maximum absolute atomic E-state index is 13.1. The fourth-order valence-corrected chi connectivity index (χ4v) is 1.84. The molecule has 2 rings (SSSR count). The van der Waals surface area contributed by atoms with Gasteiger partial charge in [0.2, 0.25) is 0 Å². The highest BCUT2D eigenvalue weighted by molar-refractivity contribution is 5.79. The predicted molar refractivity (Wildman–Crippen MR) is 79.4 cm³/mol. The van der Waals surface area contributed by atoms with Crippen LogP contribution in [0.3, 0.4) is 0 Å². The van der Waals surface area contributed by atoms with E-state index in [-0.39, 0.29) is 5.82 Å². The highest BCUT2D eigenvalue weighted by atomic mass is 19.1. The van der Waals surface area contributed by atoms with E-state index in [1.165, 1.54) is 12.3 Å². The van der Waals surface area contributed by atoms with Crippen molar-refractivity contribution < 1.29 is 8.91 Å². The summed E-state index contributed by atoms with van der Waals surface area (Å²) in [5.74, 6) is 0.496. The zero-order valence-corrected chi connectivity index (χ0v) is 12.0. The number of benzene rings is 1. The monoisotopic (exact) mass is 290 g/mol. The second-order valence-corrected chi connectivity index (χ2v) is 4.49. The Morgan fingerprint density at radius 3 is 2.95 bits per heavy atom. The molecule has 0 radical (unpaired) electrons. The third kappa shape index (κ3) is 5.25. The van der Waals surface area contributed by atoms with Gasteiger partial charge in [-0.1, -0.05) is 17.3 Å². The minimum Gasteiger partial charge on any atom is -0.364 e. The second kappa shape index (κ2) is 8.04. The van der Waals surface area contributed by atoms with Crippen LogP contribution in [-0.2, 0) is 13.0 Å². The van der Waals surface area contributed by atoms with Gasteiger partial charge in [-0.05, 0) is 31.0 Å². The van der Waals surface area contributed by atoms with Gasteiger partial charge in [-0.15, -0.1) is 0 Å². The molecular weight excluding hydrogens is 271 g/mol. The first kappa shape index (κ1) is 15.0. The van der Waals surface area contributed by atoms with Crippen molar-refractivity contribution in [2.75, 3.05) is 13.1 Å². The summed E-state index contributed by atoms with van der Waals surface area (Å²) < 4.78 is 17.8. The smallest absolute Gasteiger partial charge is 0.191 e. The van der Waals surface area contributed by atoms with Crippen LogP contribution in [0.15, 0.2) is 46.1 Å². The standard InChI is InChI=1S/C15H19FN4O/c1-2-17-15(19-11-14-7-9-21-20-14)18-8-6-12-4-3-5-13(16)10-12/h3-5,7,9-10H,2,6,8,11H2,1H3,(H2,17,18,19). The molecule has 0 fully saturated rings. The molecule has 0 saturated heterocycles. The van der Waals surface area contributed by atoms with E-state index in [9.17, 15) is 4.39 Å². The number of rotatable bonds is 6. The molecule has 0 aliphatic carbocycles. The Bertz CT molecular complexity index is 569. The Balaban J connectivity index is 1.83. The van der Waals surface area contributed by atoms with Gasteiger partial charge >= 0.3 is 0 Å². The fraction of sp³-hybridized carbons (Fsp3) is 0.333. The van der Waals surface area contributed by atoms with Crippen LogP contribution < -0.4 is 10.6 Å². The van der Waals surface area contributed by atoms with Gasteiger partial charge in [-0.2, -0.15) is 0 Å². The van der Waals surface area contributed by atoms with Crippen molar-refractivity contribution in [3.8, 4) is 0 Å². The lowest BCUT2D eigenvalue weighted by molar-refractivity contribution is 0.412. The molecule has 0 bridgehead atoms. The molecule has 0 unspecified atom stereocenters. The van der Waals surface area contributed by atoms with Crippen LogP contribution in [0.2, 0.25) is 0 Å². The normalized spacial score (nSPS) is 11.4. The van der Waals surface area contributed by atoms with Crippen molar-refractivity contribution in [2.24, 2.45) is 4.99 Å². The molecule has 0 atom stereocenters. The van der Waals surface area contributed by atoms with Crippen molar-refractivity contribution >= 4 is 5.96 Å². The maximum atomic E-state index is 13.1. The summed E-state index contributed by atoms with van der Waals surface area (Å²) in [6.07, 6.45) is 2.25. The molecule has 1 aromatic heterocycles. The number of aliphatic imine (C=N–C) groups is 1. The summed E-state index contributed by atoms with van der Waals surface area (Å²) in [5.41, 5.74) is 1.73. The molecule has 0 spiro atoms. The molecule has 21 heavy (non-hydrogen) atoms. The molecule has 2 aromatic rings. The minimum absolute atomic E-state index is 0.209. The molecule has 0 aliphatic heterocycles. The Hall–Kier alpha value is -2.37. The average molecular weight is 290 g/mol. The van der Waals surface area contributed by atoms with Crippen molar-refractivity contribution in [1.82, 2.24) is 15.8 Å². The highest BCUT2D eigenvalue weighted by Gasteiger charge is 2.00. The van der Waals surface area contributed by atoms with E-state index in [2.05, 4.69) is 20.8 Å². The van der Waals surface area contributed by atoms with Crippen LogP contribution >= 0.6 is 0 Å². The number of hydrogen-bond donors (Lipinski definition) is 2. The first-order valence-corrected chi connectivity index (χ1v) is 6.94. The summed E-state index contributed by atoms with van der Waals surface area (Å²) in [6, 6.07) is 8.39. The van der Waals surface area contributed by atoms with E-state index in [1.54, 1.807) is 18.2 Å². The quantitative estimate of drug-likeness (QED) is 0.632. The molecular formula is C15H19FN4O. The van der Waals surface area contributed by atoms with Crippen LogP contribution in [0.1, 0.15) is 18.2 Å². The minimum atomic E-state index is -0.209. The zero-order valence-electron chi connectivity index (χ0n) is 12.0. The number of guanidine groups is 1. The Morgan fingerprint density at radius 1 is 1.33 bits per heavy atom. The lowest BCUT2D eigenvalue weighted by atomic mass is 10.1. The van der Waals surface area contributed by atoms with E-state index in [4.69, 9.17) is 4.52 Å². The van der Waals surface area contributed by atoms with Crippen molar-refractivity contribution in [2.45, 2.75) is 19.9 Å². The summed E-state index contributed by atoms with van der Waals surface area (Å²) in [4.78, 5) is 4.40. The van der Waals surface area contributed by atoms with Gasteiger partial charge in [0.1, 0.15) is 17.8 Å². The zero-order chi connectivity index (χ0) is 14.9. The fourth-order valence-electron chi connectivity index (χ4n) is 1.84. The molecule has 112 valence electrons. The Kier molecular flexibility index (Phi) is 5.75. The summed E-state index contributed by atoms with van der Waals surface area (Å²) in [5, 5.41) is 10.2.